The van der Waals surface area contributed by atoms with E-state index in [4.69, 9.17) is 0 Å². The molecule has 3 heteroatoms. The number of aromatic nitrogens is 1. The average molecular weight is 270 g/mol. The van der Waals surface area contributed by atoms with Gasteiger partial charge < -0.3 is 10.4 Å². The number of fused-ring (bicyclic) bond motifs is 1. The highest BCUT2D eigenvalue weighted by molar-refractivity contribution is 5.82. The Labute approximate surface area is 120 Å². The Kier molecular flexibility index (Phi) is 3.99. The smallest absolute Gasteiger partial charge is 0.0708 e. The van der Waals surface area contributed by atoms with Crippen molar-refractivity contribution in [2.75, 3.05) is 6.54 Å². The van der Waals surface area contributed by atoms with Crippen LogP contribution < -0.4 is 5.32 Å². The number of nitrogens with zero attached hydrogens (tertiary/aromatic N) is 1. The molecule has 1 aromatic heterocycles. The molecule has 2 atom stereocenters. The number of rotatable bonds is 4. The van der Waals surface area contributed by atoms with E-state index in [0.29, 0.717) is 5.92 Å². The number of hydrogen-bond donors (Lipinski definition) is 2. The first-order valence-electron chi connectivity index (χ1n) is 7.48. The maximum atomic E-state index is 9.85. The van der Waals surface area contributed by atoms with Crippen LogP contribution in [0.5, 0.6) is 0 Å². The summed E-state index contributed by atoms with van der Waals surface area (Å²) >= 11 is 0. The van der Waals surface area contributed by atoms with Crippen LogP contribution in [0, 0.1) is 12.8 Å². The average Bonchev–Trinajstić information content (AvgIpc) is 2.84. The zero-order chi connectivity index (χ0) is 13.9. The Morgan fingerprint density at radius 1 is 1.30 bits per heavy atom. The second-order valence-electron chi connectivity index (χ2n) is 5.83. The number of aliphatic hydroxyl groups is 1. The highest BCUT2D eigenvalue weighted by Crippen LogP contribution is 2.25. The Balaban J connectivity index is 1.71. The van der Waals surface area contributed by atoms with Crippen LogP contribution >= 0.6 is 0 Å². The minimum Gasteiger partial charge on any atom is -0.393 e. The number of aliphatic hydroxyl groups excluding tert-OH is 1. The molecule has 20 heavy (non-hydrogen) atoms. The number of hydrogen-bond acceptors (Lipinski definition) is 3. The largest absolute Gasteiger partial charge is 0.393 e. The number of para-hydroxylation sites is 1. The Bertz CT molecular complexity index is 597. The lowest BCUT2D eigenvalue weighted by molar-refractivity contribution is 0.131. The fraction of sp³-hybridized carbons (Fsp3) is 0.471. The van der Waals surface area contributed by atoms with E-state index in [1.54, 1.807) is 0 Å². The third-order valence-electron chi connectivity index (χ3n) is 4.27. The maximum absolute atomic E-state index is 9.85. The molecule has 3 rings (SSSR count). The van der Waals surface area contributed by atoms with Crippen molar-refractivity contribution in [2.45, 2.75) is 38.8 Å². The minimum absolute atomic E-state index is 0.113. The lowest BCUT2D eigenvalue weighted by Gasteiger charge is -2.16. The summed E-state index contributed by atoms with van der Waals surface area (Å²) in [6, 6.07) is 10.4. The van der Waals surface area contributed by atoms with Gasteiger partial charge in [0.25, 0.3) is 0 Å². The van der Waals surface area contributed by atoms with Crippen molar-refractivity contribution in [2.24, 2.45) is 5.92 Å². The van der Waals surface area contributed by atoms with Crippen molar-refractivity contribution >= 4 is 10.9 Å². The zero-order valence-corrected chi connectivity index (χ0v) is 12.0. The summed E-state index contributed by atoms with van der Waals surface area (Å²) in [6.07, 6.45) is 3.15. The molecule has 106 valence electrons. The summed E-state index contributed by atoms with van der Waals surface area (Å²) in [7, 11) is 0. The first-order chi connectivity index (χ1) is 9.74. The molecule has 1 aromatic carbocycles. The molecule has 2 unspecified atom stereocenters. The summed E-state index contributed by atoms with van der Waals surface area (Å²) in [5.41, 5.74) is 3.41. The topological polar surface area (TPSA) is 45.1 Å². The van der Waals surface area contributed by atoms with Gasteiger partial charge in [0.2, 0.25) is 0 Å². The van der Waals surface area contributed by atoms with E-state index in [1.807, 2.05) is 13.0 Å². The lowest BCUT2D eigenvalue weighted by atomic mass is 10.1. The number of pyridine rings is 1. The van der Waals surface area contributed by atoms with E-state index in [-0.39, 0.29) is 6.10 Å². The molecule has 0 bridgehead atoms. The molecular formula is C17H22N2O. The maximum Gasteiger partial charge on any atom is 0.0708 e. The molecule has 3 nitrogen and oxygen atoms in total. The molecule has 0 radical (unpaired) electrons. The minimum atomic E-state index is -0.113. The van der Waals surface area contributed by atoms with Gasteiger partial charge in [-0.1, -0.05) is 24.6 Å². The van der Waals surface area contributed by atoms with Gasteiger partial charge in [0.15, 0.2) is 0 Å². The van der Waals surface area contributed by atoms with Crippen molar-refractivity contribution in [3.05, 3.63) is 41.6 Å². The normalized spacial score (nSPS) is 22.5. The van der Waals surface area contributed by atoms with Gasteiger partial charge in [-0.15, -0.1) is 0 Å². The molecule has 2 aromatic rings. The van der Waals surface area contributed by atoms with Crippen LogP contribution in [0.15, 0.2) is 30.3 Å². The predicted octanol–water partition coefficient (Wildman–Crippen LogP) is 2.79. The van der Waals surface area contributed by atoms with E-state index >= 15 is 0 Å². The van der Waals surface area contributed by atoms with Gasteiger partial charge in [0.05, 0.1) is 11.6 Å². The summed E-state index contributed by atoms with van der Waals surface area (Å²) in [5, 5.41) is 14.6. The van der Waals surface area contributed by atoms with Crippen molar-refractivity contribution in [3.63, 3.8) is 0 Å². The van der Waals surface area contributed by atoms with Crippen molar-refractivity contribution in [1.29, 1.82) is 0 Å². The highest BCUT2D eigenvalue weighted by atomic mass is 16.3. The fourth-order valence-corrected chi connectivity index (χ4v) is 3.19. The van der Waals surface area contributed by atoms with Gasteiger partial charge in [0.1, 0.15) is 0 Å². The van der Waals surface area contributed by atoms with Crippen molar-refractivity contribution < 1.29 is 5.11 Å². The van der Waals surface area contributed by atoms with E-state index < -0.39 is 0 Å². The second kappa shape index (κ2) is 5.90. The summed E-state index contributed by atoms with van der Waals surface area (Å²) in [5.74, 6) is 0.421. The van der Waals surface area contributed by atoms with Crippen LogP contribution in [0.2, 0.25) is 0 Å². The molecule has 0 saturated heterocycles. The van der Waals surface area contributed by atoms with Gasteiger partial charge >= 0.3 is 0 Å². The van der Waals surface area contributed by atoms with E-state index in [0.717, 1.165) is 43.6 Å². The van der Waals surface area contributed by atoms with Crippen molar-refractivity contribution in [3.8, 4) is 0 Å². The highest BCUT2D eigenvalue weighted by Gasteiger charge is 2.24. The third-order valence-corrected chi connectivity index (χ3v) is 4.27. The van der Waals surface area contributed by atoms with Crippen molar-refractivity contribution in [1.82, 2.24) is 10.3 Å². The van der Waals surface area contributed by atoms with Crippen LogP contribution in [0.4, 0.5) is 0 Å². The zero-order valence-electron chi connectivity index (χ0n) is 12.0. The van der Waals surface area contributed by atoms with Crippen LogP contribution in [-0.2, 0) is 6.54 Å². The van der Waals surface area contributed by atoms with Crippen LogP contribution in [0.3, 0.4) is 0 Å². The molecule has 1 heterocycles. The van der Waals surface area contributed by atoms with E-state index in [1.165, 1.54) is 10.9 Å². The molecular weight excluding hydrogens is 248 g/mol. The molecule has 0 aliphatic heterocycles. The van der Waals surface area contributed by atoms with Crippen LogP contribution in [0.1, 0.15) is 30.5 Å². The molecule has 1 aliphatic carbocycles. The van der Waals surface area contributed by atoms with Gasteiger partial charge in [-0.2, -0.15) is 0 Å². The molecule has 0 amide bonds. The Morgan fingerprint density at radius 2 is 2.15 bits per heavy atom. The van der Waals surface area contributed by atoms with Gasteiger partial charge in [-0.05, 0) is 43.4 Å². The predicted molar refractivity (Wildman–Crippen MR) is 81.5 cm³/mol. The Hall–Kier alpha value is -1.45. The molecule has 1 fully saturated rings. The third kappa shape index (κ3) is 2.84. The number of benzene rings is 1. The summed E-state index contributed by atoms with van der Waals surface area (Å²) in [4.78, 5) is 4.57. The SMILES string of the molecule is Cc1cc(CNCC2CCCC2O)c2ccccc2n1. The first-order valence-corrected chi connectivity index (χ1v) is 7.48. The van der Waals surface area contributed by atoms with E-state index in [2.05, 4.69) is 34.6 Å². The monoisotopic (exact) mass is 270 g/mol. The summed E-state index contributed by atoms with van der Waals surface area (Å²) in [6.45, 7) is 3.78. The molecule has 1 saturated carbocycles. The van der Waals surface area contributed by atoms with Crippen LogP contribution in [-0.4, -0.2) is 22.7 Å². The summed E-state index contributed by atoms with van der Waals surface area (Å²) < 4.78 is 0. The second-order valence-corrected chi connectivity index (χ2v) is 5.83. The van der Waals surface area contributed by atoms with E-state index in [9.17, 15) is 5.11 Å². The fourth-order valence-electron chi connectivity index (χ4n) is 3.19. The standard InChI is InChI=1S/C17H22N2O/c1-12-9-14(15-6-2-3-7-16(15)19-12)11-18-10-13-5-4-8-17(13)20/h2-3,6-7,9,13,17-18,20H,4-5,8,10-11H2,1H3. The molecule has 0 spiro atoms. The Morgan fingerprint density at radius 3 is 2.95 bits per heavy atom. The first kappa shape index (κ1) is 13.5. The van der Waals surface area contributed by atoms with Gasteiger partial charge in [-0.25, -0.2) is 0 Å². The lowest BCUT2D eigenvalue weighted by Crippen LogP contribution is -2.27. The number of aryl methyl sites for hydroxylation is 1. The number of nitrogens with one attached hydrogen (secondary N) is 1. The van der Waals surface area contributed by atoms with Gasteiger partial charge in [0, 0.05) is 24.2 Å². The quantitative estimate of drug-likeness (QED) is 0.898. The van der Waals surface area contributed by atoms with Gasteiger partial charge in [-0.3, -0.25) is 4.98 Å². The molecule has 1 aliphatic rings. The molecule has 2 N–H and O–H groups in total. The van der Waals surface area contributed by atoms with Crippen LogP contribution in [0.25, 0.3) is 10.9 Å².